The number of benzene rings is 3. The van der Waals surface area contributed by atoms with Crippen molar-refractivity contribution in [3.63, 3.8) is 0 Å². The monoisotopic (exact) mass is 385 g/mol. The molecule has 1 unspecified atom stereocenters. The van der Waals surface area contributed by atoms with Gasteiger partial charge in [0, 0.05) is 27.9 Å². The minimum absolute atomic E-state index is 0.0924. The van der Waals surface area contributed by atoms with Crippen molar-refractivity contribution in [1.29, 1.82) is 0 Å². The molecule has 5 heteroatoms. The van der Waals surface area contributed by atoms with E-state index in [0.717, 1.165) is 33.9 Å². The second kappa shape index (κ2) is 7.09. The molecule has 0 fully saturated rings. The van der Waals surface area contributed by atoms with Crippen molar-refractivity contribution >= 4 is 17.4 Å². The summed E-state index contributed by atoms with van der Waals surface area (Å²) in [6.07, 6.45) is 2.12. The summed E-state index contributed by atoms with van der Waals surface area (Å²) < 4.78 is 7.56. The second-order valence-electron chi connectivity index (χ2n) is 6.55. The molecular weight excluding hydrogens is 366 g/mol. The van der Waals surface area contributed by atoms with Crippen molar-refractivity contribution in [2.24, 2.45) is 0 Å². The second-order valence-corrected chi connectivity index (χ2v) is 7.70. The van der Waals surface area contributed by atoms with Gasteiger partial charge in [0.15, 0.2) is 0 Å². The Hall–Kier alpha value is -3.18. The van der Waals surface area contributed by atoms with E-state index in [9.17, 15) is 0 Å². The molecule has 28 heavy (non-hydrogen) atoms. The van der Waals surface area contributed by atoms with Crippen LogP contribution < -0.4 is 10.1 Å². The van der Waals surface area contributed by atoms with Crippen molar-refractivity contribution in [2.75, 3.05) is 12.4 Å². The number of anilines is 1. The molecule has 2 heterocycles. The Bertz CT molecular complexity index is 1100. The van der Waals surface area contributed by atoms with E-state index < -0.39 is 0 Å². The molecule has 0 saturated heterocycles. The van der Waals surface area contributed by atoms with Crippen LogP contribution in [0.4, 0.5) is 5.69 Å². The van der Waals surface area contributed by atoms with Crippen LogP contribution in [0.15, 0.2) is 90.0 Å². The Labute approximate surface area is 168 Å². The maximum Gasteiger partial charge on any atom is 0.128 e. The number of para-hydroxylation sites is 3. The molecule has 4 aromatic rings. The first-order chi connectivity index (χ1) is 13.8. The normalized spacial score (nSPS) is 15.1. The minimum atomic E-state index is 0.0924. The van der Waals surface area contributed by atoms with Gasteiger partial charge in [0.2, 0.25) is 0 Å². The van der Waals surface area contributed by atoms with Crippen LogP contribution in [0.25, 0.3) is 16.9 Å². The van der Waals surface area contributed by atoms with Crippen molar-refractivity contribution in [3.05, 3.63) is 90.6 Å². The van der Waals surface area contributed by atoms with Gasteiger partial charge in [-0.3, -0.25) is 0 Å². The Morgan fingerprint density at radius 1 is 0.929 bits per heavy atom. The summed E-state index contributed by atoms with van der Waals surface area (Å²) >= 11 is 1.81. The van der Waals surface area contributed by atoms with E-state index in [2.05, 4.69) is 54.0 Å². The number of methoxy groups -OCH3 is 1. The van der Waals surface area contributed by atoms with E-state index >= 15 is 0 Å². The van der Waals surface area contributed by atoms with Gasteiger partial charge in [-0.25, -0.2) is 4.68 Å². The number of fused-ring (bicyclic) bond motifs is 1. The van der Waals surface area contributed by atoms with Crippen LogP contribution in [0.1, 0.15) is 10.9 Å². The molecule has 0 amide bonds. The average Bonchev–Trinajstić information content (AvgIpc) is 3.38. The molecule has 1 aromatic heterocycles. The molecule has 1 aliphatic rings. The summed E-state index contributed by atoms with van der Waals surface area (Å²) in [5.74, 6) is 0.822. The lowest BCUT2D eigenvalue weighted by atomic mass is 10.1. The van der Waals surface area contributed by atoms with Crippen LogP contribution >= 0.6 is 11.8 Å². The van der Waals surface area contributed by atoms with E-state index in [0.29, 0.717) is 0 Å². The van der Waals surface area contributed by atoms with Gasteiger partial charge in [-0.1, -0.05) is 54.2 Å². The van der Waals surface area contributed by atoms with Crippen molar-refractivity contribution < 1.29 is 4.74 Å². The van der Waals surface area contributed by atoms with Crippen LogP contribution in [-0.2, 0) is 0 Å². The Kier molecular flexibility index (Phi) is 4.29. The van der Waals surface area contributed by atoms with Crippen molar-refractivity contribution in [3.8, 4) is 22.7 Å². The quantitative estimate of drug-likeness (QED) is 0.484. The number of aromatic nitrogens is 2. The van der Waals surface area contributed by atoms with E-state index in [1.54, 1.807) is 7.11 Å². The average molecular weight is 385 g/mol. The molecular formula is C23H19N3OS. The molecule has 5 rings (SSSR count). The highest BCUT2D eigenvalue weighted by Crippen LogP contribution is 2.49. The van der Waals surface area contributed by atoms with Crippen LogP contribution in [0.2, 0.25) is 0 Å². The zero-order chi connectivity index (χ0) is 18.9. The predicted molar refractivity (Wildman–Crippen MR) is 114 cm³/mol. The van der Waals surface area contributed by atoms with Gasteiger partial charge in [0.1, 0.15) is 16.8 Å². The molecule has 0 aliphatic carbocycles. The highest BCUT2D eigenvalue weighted by Gasteiger charge is 2.28. The lowest BCUT2D eigenvalue weighted by Crippen LogP contribution is -2.02. The number of nitrogens with zero attached hydrogens (tertiary/aromatic N) is 2. The summed E-state index contributed by atoms with van der Waals surface area (Å²) in [5, 5.41) is 8.67. The Balaban J connectivity index is 1.64. The van der Waals surface area contributed by atoms with Crippen molar-refractivity contribution in [1.82, 2.24) is 9.78 Å². The summed E-state index contributed by atoms with van der Waals surface area (Å²) in [5.41, 5.74) is 5.25. The van der Waals surface area contributed by atoms with E-state index in [1.165, 1.54) is 4.90 Å². The molecule has 0 saturated carbocycles. The van der Waals surface area contributed by atoms with Gasteiger partial charge >= 0.3 is 0 Å². The lowest BCUT2D eigenvalue weighted by Gasteiger charge is -2.12. The lowest BCUT2D eigenvalue weighted by molar-refractivity contribution is 0.416. The molecule has 1 N–H and O–H groups in total. The number of ether oxygens (including phenoxy) is 1. The molecule has 3 aromatic carbocycles. The summed E-state index contributed by atoms with van der Waals surface area (Å²) in [7, 11) is 1.70. The van der Waals surface area contributed by atoms with Gasteiger partial charge < -0.3 is 10.1 Å². The van der Waals surface area contributed by atoms with Gasteiger partial charge in [0.05, 0.1) is 12.8 Å². The first-order valence-electron chi connectivity index (χ1n) is 9.14. The fraction of sp³-hybridized carbons (Fsp3) is 0.0870. The molecule has 138 valence electrons. The summed E-state index contributed by atoms with van der Waals surface area (Å²) in [4.78, 5) is 1.26. The maximum atomic E-state index is 5.62. The first-order valence-corrected chi connectivity index (χ1v) is 10.0. The third kappa shape index (κ3) is 2.94. The number of rotatable bonds is 4. The van der Waals surface area contributed by atoms with Crippen LogP contribution in [0, 0.1) is 0 Å². The third-order valence-corrected chi connectivity index (χ3v) is 6.04. The SMILES string of the molecule is COc1ccccc1-c1nn(-c2ccccc2)cc1C1Nc2ccccc2S1. The van der Waals surface area contributed by atoms with E-state index in [1.807, 2.05) is 52.8 Å². The Morgan fingerprint density at radius 2 is 1.68 bits per heavy atom. The van der Waals surface area contributed by atoms with Crippen LogP contribution in [0.3, 0.4) is 0 Å². The van der Waals surface area contributed by atoms with E-state index in [-0.39, 0.29) is 5.37 Å². The fourth-order valence-electron chi connectivity index (χ4n) is 3.47. The van der Waals surface area contributed by atoms with E-state index in [4.69, 9.17) is 9.84 Å². The highest BCUT2D eigenvalue weighted by atomic mass is 32.2. The van der Waals surface area contributed by atoms with Gasteiger partial charge in [0.25, 0.3) is 0 Å². The zero-order valence-corrected chi connectivity index (χ0v) is 16.2. The predicted octanol–water partition coefficient (Wildman–Crippen LogP) is 5.76. The third-order valence-electron chi connectivity index (χ3n) is 4.83. The highest BCUT2D eigenvalue weighted by molar-refractivity contribution is 8.00. The number of hydrogen-bond donors (Lipinski definition) is 1. The molecule has 0 bridgehead atoms. The van der Waals surface area contributed by atoms with Gasteiger partial charge in [-0.2, -0.15) is 5.10 Å². The van der Waals surface area contributed by atoms with Crippen molar-refractivity contribution in [2.45, 2.75) is 10.3 Å². The number of nitrogens with one attached hydrogen (secondary N) is 1. The topological polar surface area (TPSA) is 39.1 Å². The minimum Gasteiger partial charge on any atom is -0.496 e. The molecule has 0 radical (unpaired) electrons. The number of thioether (sulfide) groups is 1. The van der Waals surface area contributed by atoms with Crippen LogP contribution in [-0.4, -0.2) is 16.9 Å². The standard InChI is InChI=1S/C23H19N3OS/c1-27-20-13-7-5-11-17(20)22-18(15-26(25-22)16-9-3-2-4-10-16)23-24-19-12-6-8-14-21(19)28-23/h2-15,23-24H,1H3. The smallest absolute Gasteiger partial charge is 0.128 e. The van der Waals surface area contributed by atoms with Gasteiger partial charge in [-0.05, 0) is 36.4 Å². The fourth-order valence-corrected chi connectivity index (χ4v) is 4.62. The first kappa shape index (κ1) is 17.0. The van der Waals surface area contributed by atoms with Crippen LogP contribution in [0.5, 0.6) is 5.75 Å². The zero-order valence-electron chi connectivity index (χ0n) is 15.4. The molecule has 1 aliphatic heterocycles. The molecule has 4 nitrogen and oxygen atoms in total. The summed E-state index contributed by atoms with van der Waals surface area (Å²) in [6.45, 7) is 0. The summed E-state index contributed by atoms with van der Waals surface area (Å²) in [6, 6.07) is 26.6. The largest absolute Gasteiger partial charge is 0.496 e. The molecule has 1 atom stereocenters. The number of hydrogen-bond acceptors (Lipinski definition) is 4. The van der Waals surface area contributed by atoms with Gasteiger partial charge in [-0.15, -0.1) is 0 Å². The Morgan fingerprint density at radius 3 is 2.50 bits per heavy atom. The maximum absolute atomic E-state index is 5.62. The molecule has 0 spiro atoms.